The number of carbonyl (C=O) groups is 4. The number of nitrogens with one attached hydrogen (secondary N) is 5. The smallest absolute Gasteiger partial charge is 0.326 e. The predicted octanol–water partition coefficient (Wildman–Crippen LogP) is -2.18. The van der Waals surface area contributed by atoms with Gasteiger partial charge >= 0.3 is 5.97 Å². The van der Waals surface area contributed by atoms with Crippen LogP contribution in [0.5, 0.6) is 0 Å². The fourth-order valence-corrected chi connectivity index (χ4v) is 3.22. The highest BCUT2D eigenvalue weighted by Crippen LogP contribution is 2.10. The monoisotopic (exact) mass is 492 g/mol. The number of nitrogens with two attached hydrogens (primary N) is 1. The van der Waals surface area contributed by atoms with Gasteiger partial charge in [0.05, 0.1) is 19.3 Å². The van der Waals surface area contributed by atoms with Crippen LogP contribution in [0, 0.1) is 5.92 Å². The first-order valence-electron chi connectivity index (χ1n) is 11.1. The summed E-state index contributed by atoms with van der Waals surface area (Å²) in [5.74, 6) is -3.69. The number of amides is 3. The molecule has 0 radical (unpaired) electrons. The molecular weight excluding hydrogens is 460 g/mol. The van der Waals surface area contributed by atoms with Crippen molar-refractivity contribution in [3.05, 3.63) is 36.4 Å². The zero-order valence-electron chi connectivity index (χ0n) is 19.5. The van der Waals surface area contributed by atoms with Crippen LogP contribution in [0.4, 0.5) is 0 Å². The number of aliphatic carboxylic acids is 1. The van der Waals surface area contributed by atoms with E-state index in [4.69, 9.17) is 10.8 Å². The van der Waals surface area contributed by atoms with E-state index >= 15 is 0 Å². The van der Waals surface area contributed by atoms with Crippen LogP contribution in [0.3, 0.4) is 0 Å². The summed E-state index contributed by atoms with van der Waals surface area (Å²) in [4.78, 5) is 63.6. The second-order valence-corrected chi connectivity index (χ2v) is 8.18. The molecule has 0 saturated heterocycles. The molecule has 2 heterocycles. The molecule has 0 bridgehead atoms. The molecule has 0 aliphatic carbocycles. The molecule has 3 amide bonds. The lowest BCUT2D eigenvalue weighted by atomic mass is 9.97. The Balaban J connectivity index is 2.21. The fourth-order valence-electron chi connectivity index (χ4n) is 3.22. The Hall–Kier alpha value is -3.78. The van der Waals surface area contributed by atoms with Gasteiger partial charge in [-0.05, 0) is 5.92 Å². The molecule has 192 valence electrons. The van der Waals surface area contributed by atoms with Gasteiger partial charge < -0.3 is 41.9 Å². The van der Waals surface area contributed by atoms with Crippen LogP contribution < -0.4 is 21.7 Å². The molecule has 5 atom stereocenters. The maximum Gasteiger partial charge on any atom is 0.326 e. The van der Waals surface area contributed by atoms with Crippen molar-refractivity contribution in [1.82, 2.24) is 35.9 Å². The third-order valence-corrected chi connectivity index (χ3v) is 5.53. The van der Waals surface area contributed by atoms with Crippen molar-refractivity contribution in [2.75, 3.05) is 6.61 Å². The van der Waals surface area contributed by atoms with Crippen molar-refractivity contribution in [1.29, 1.82) is 0 Å². The number of carboxylic acids is 1. The number of carboxylic acid groups (broad SMARTS) is 1. The minimum absolute atomic E-state index is 0.00863. The number of hydrogen-bond donors (Lipinski definition) is 8. The average Bonchev–Trinajstić information content (AvgIpc) is 3.54. The van der Waals surface area contributed by atoms with E-state index in [1.165, 1.54) is 25.0 Å². The molecule has 0 spiro atoms. The third-order valence-electron chi connectivity index (χ3n) is 5.53. The Kier molecular flexibility index (Phi) is 10.4. The molecule has 0 aromatic carbocycles. The zero-order chi connectivity index (χ0) is 26.0. The molecule has 2 rings (SSSR count). The maximum atomic E-state index is 13.1. The van der Waals surface area contributed by atoms with Crippen molar-refractivity contribution >= 4 is 23.7 Å². The Labute approximate surface area is 201 Å². The number of nitrogens with zero attached hydrogens (tertiary/aromatic N) is 2. The molecule has 0 aliphatic rings. The van der Waals surface area contributed by atoms with Gasteiger partial charge in [0, 0.05) is 36.6 Å². The topological polar surface area (TPSA) is 228 Å². The first-order valence-corrected chi connectivity index (χ1v) is 11.1. The van der Waals surface area contributed by atoms with E-state index in [0.717, 1.165) is 0 Å². The number of rotatable bonds is 14. The van der Waals surface area contributed by atoms with Crippen LogP contribution >= 0.6 is 0 Å². The van der Waals surface area contributed by atoms with Gasteiger partial charge in [-0.3, -0.25) is 14.4 Å². The van der Waals surface area contributed by atoms with Crippen LogP contribution in [-0.2, 0) is 32.0 Å². The van der Waals surface area contributed by atoms with Gasteiger partial charge in [-0.25, -0.2) is 14.8 Å². The molecule has 14 heteroatoms. The number of carbonyl (C=O) groups excluding carboxylic acids is 3. The maximum absolute atomic E-state index is 13.1. The SMILES string of the molecule is CCC(C)C(NC(=O)C(N)CO)C(=O)NC(Cc1cnc[nH]1)C(=O)NC(Cc1cnc[nH]1)C(=O)O. The lowest BCUT2D eigenvalue weighted by Crippen LogP contribution is -2.59. The fraction of sp³-hybridized carbons (Fsp3) is 0.524. The zero-order valence-corrected chi connectivity index (χ0v) is 19.5. The quantitative estimate of drug-likeness (QED) is 0.143. The molecule has 9 N–H and O–H groups in total. The van der Waals surface area contributed by atoms with Crippen molar-refractivity contribution in [2.24, 2.45) is 11.7 Å². The Morgan fingerprint density at radius 3 is 1.94 bits per heavy atom. The number of imidazole rings is 2. The number of aromatic amines is 2. The second kappa shape index (κ2) is 13.2. The van der Waals surface area contributed by atoms with E-state index in [-0.39, 0.29) is 18.8 Å². The van der Waals surface area contributed by atoms with E-state index in [1.54, 1.807) is 6.92 Å². The molecule has 2 aromatic heterocycles. The summed E-state index contributed by atoms with van der Waals surface area (Å²) in [5, 5.41) is 26.3. The standard InChI is InChI=1S/C21H32N8O6/c1-3-11(2)17(29-18(31)14(22)8-30)20(33)27-15(4-12-6-23-9-25-12)19(32)28-16(21(34)35)5-13-7-24-10-26-13/h6-7,9-11,14-17,30H,3-5,8,22H2,1-2H3,(H,23,25)(H,24,26)(H,27,33)(H,28,32)(H,29,31)(H,34,35). The number of aliphatic hydroxyl groups is 1. The van der Waals surface area contributed by atoms with Crippen LogP contribution in [0.15, 0.2) is 25.0 Å². The van der Waals surface area contributed by atoms with Gasteiger partial charge in [0.2, 0.25) is 17.7 Å². The van der Waals surface area contributed by atoms with Crippen LogP contribution in [0.2, 0.25) is 0 Å². The van der Waals surface area contributed by atoms with Crippen LogP contribution in [0.1, 0.15) is 31.7 Å². The second-order valence-electron chi connectivity index (χ2n) is 8.18. The molecule has 0 saturated carbocycles. The molecular formula is C21H32N8O6. The molecule has 5 unspecified atom stereocenters. The van der Waals surface area contributed by atoms with Crippen molar-refractivity contribution < 1.29 is 29.4 Å². The summed E-state index contributed by atoms with van der Waals surface area (Å²) in [6, 6.07) is -4.71. The van der Waals surface area contributed by atoms with E-state index in [1.807, 2.05) is 6.92 Å². The number of aromatic nitrogens is 4. The molecule has 14 nitrogen and oxygen atoms in total. The van der Waals surface area contributed by atoms with Crippen LogP contribution in [-0.4, -0.2) is 84.6 Å². The first-order chi connectivity index (χ1) is 16.7. The average molecular weight is 493 g/mol. The van der Waals surface area contributed by atoms with E-state index in [2.05, 4.69) is 35.9 Å². The van der Waals surface area contributed by atoms with E-state index in [0.29, 0.717) is 17.8 Å². The normalized spacial score (nSPS) is 15.3. The van der Waals surface area contributed by atoms with Gasteiger partial charge in [0.25, 0.3) is 0 Å². The van der Waals surface area contributed by atoms with E-state index < -0.39 is 54.5 Å². The third kappa shape index (κ3) is 8.19. The Bertz CT molecular complexity index is 965. The van der Waals surface area contributed by atoms with Gasteiger partial charge in [-0.15, -0.1) is 0 Å². The molecule has 2 aromatic rings. The lowest BCUT2D eigenvalue weighted by Gasteiger charge is -2.27. The predicted molar refractivity (Wildman–Crippen MR) is 123 cm³/mol. The Morgan fingerprint density at radius 1 is 0.943 bits per heavy atom. The van der Waals surface area contributed by atoms with Gasteiger partial charge in [0.15, 0.2) is 0 Å². The summed E-state index contributed by atoms with van der Waals surface area (Å²) in [6.07, 6.45) is 6.19. The summed E-state index contributed by atoms with van der Waals surface area (Å²) in [6.45, 7) is 2.97. The van der Waals surface area contributed by atoms with Crippen molar-refractivity contribution in [3.63, 3.8) is 0 Å². The Morgan fingerprint density at radius 2 is 1.49 bits per heavy atom. The number of aliphatic hydroxyl groups excluding tert-OH is 1. The summed E-state index contributed by atoms with van der Waals surface area (Å²) in [5.41, 5.74) is 6.58. The lowest BCUT2D eigenvalue weighted by molar-refractivity contribution is -0.142. The summed E-state index contributed by atoms with van der Waals surface area (Å²) >= 11 is 0. The highest BCUT2D eigenvalue weighted by Gasteiger charge is 2.32. The minimum Gasteiger partial charge on any atom is -0.480 e. The molecule has 35 heavy (non-hydrogen) atoms. The summed E-state index contributed by atoms with van der Waals surface area (Å²) < 4.78 is 0. The highest BCUT2D eigenvalue weighted by atomic mass is 16.4. The van der Waals surface area contributed by atoms with Gasteiger partial charge in [0.1, 0.15) is 24.2 Å². The first kappa shape index (κ1) is 27.5. The number of H-pyrrole nitrogens is 2. The van der Waals surface area contributed by atoms with Gasteiger partial charge in [-0.2, -0.15) is 0 Å². The molecule has 0 aliphatic heterocycles. The van der Waals surface area contributed by atoms with Crippen LogP contribution in [0.25, 0.3) is 0 Å². The number of hydrogen-bond acceptors (Lipinski definition) is 8. The summed E-state index contributed by atoms with van der Waals surface area (Å²) in [7, 11) is 0. The highest BCUT2D eigenvalue weighted by molar-refractivity contribution is 5.94. The van der Waals surface area contributed by atoms with Gasteiger partial charge in [-0.1, -0.05) is 20.3 Å². The van der Waals surface area contributed by atoms with Crippen molar-refractivity contribution in [3.8, 4) is 0 Å². The molecule has 0 fully saturated rings. The van der Waals surface area contributed by atoms with Crippen molar-refractivity contribution in [2.45, 2.75) is 57.3 Å². The van der Waals surface area contributed by atoms with E-state index in [9.17, 15) is 24.3 Å². The largest absolute Gasteiger partial charge is 0.480 e. The minimum atomic E-state index is -1.28.